The van der Waals surface area contributed by atoms with E-state index in [4.69, 9.17) is 0 Å². The Morgan fingerprint density at radius 2 is 1.54 bits per heavy atom. The molecule has 0 spiro atoms. The highest BCUT2D eigenvalue weighted by atomic mass is 15.2. The molecule has 1 aliphatic heterocycles. The van der Waals surface area contributed by atoms with Gasteiger partial charge in [-0.1, -0.05) is 79.2 Å². The maximum Gasteiger partial charge on any atom is 0.0472 e. The van der Waals surface area contributed by atoms with E-state index in [0.29, 0.717) is 6.04 Å². The zero-order chi connectivity index (χ0) is 16.5. The maximum atomic E-state index is 3.62. The van der Waals surface area contributed by atoms with Crippen LogP contribution in [0.5, 0.6) is 0 Å². The Morgan fingerprint density at radius 3 is 2.25 bits per heavy atom. The highest BCUT2D eigenvalue weighted by Crippen LogP contribution is 2.23. The summed E-state index contributed by atoms with van der Waals surface area (Å²) in [6, 6.07) is 21.9. The largest absolute Gasteiger partial charge is 0.311 e. The SMILES string of the molecule is C(=C\c1ccccc1)/CNCC(c1ccccc1)N1CCCCC1. The highest BCUT2D eigenvalue weighted by Gasteiger charge is 2.21. The zero-order valence-electron chi connectivity index (χ0n) is 14.4. The smallest absolute Gasteiger partial charge is 0.0472 e. The maximum absolute atomic E-state index is 3.62. The number of hydrogen-bond acceptors (Lipinski definition) is 2. The second-order valence-electron chi connectivity index (χ2n) is 6.49. The first-order chi connectivity index (χ1) is 11.9. The van der Waals surface area contributed by atoms with Gasteiger partial charge in [-0.3, -0.25) is 4.90 Å². The van der Waals surface area contributed by atoms with Gasteiger partial charge in [0.05, 0.1) is 0 Å². The van der Waals surface area contributed by atoms with Gasteiger partial charge in [-0.25, -0.2) is 0 Å². The van der Waals surface area contributed by atoms with Crippen LogP contribution >= 0.6 is 0 Å². The predicted molar refractivity (Wildman–Crippen MR) is 103 cm³/mol. The van der Waals surface area contributed by atoms with Crippen molar-refractivity contribution in [3.05, 3.63) is 77.9 Å². The quantitative estimate of drug-likeness (QED) is 0.755. The summed E-state index contributed by atoms with van der Waals surface area (Å²) in [6.45, 7) is 4.36. The van der Waals surface area contributed by atoms with E-state index in [1.807, 2.05) is 0 Å². The third-order valence-electron chi connectivity index (χ3n) is 4.73. The lowest BCUT2D eigenvalue weighted by atomic mass is 10.0. The first-order valence-electron chi connectivity index (χ1n) is 9.15. The molecule has 2 aromatic rings. The second-order valence-corrected chi connectivity index (χ2v) is 6.49. The number of nitrogens with one attached hydrogen (secondary N) is 1. The van der Waals surface area contributed by atoms with Gasteiger partial charge in [0.15, 0.2) is 0 Å². The minimum atomic E-state index is 0.483. The van der Waals surface area contributed by atoms with Gasteiger partial charge in [0.1, 0.15) is 0 Å². The van der Waals surface area contributed by atoms with Crippen LogP contribution in [-0.2, 0) is 0 Å². The zero-order valence-corrected chi connectivity index (χ0v) is 14.4. The van der Waals surface area contributed by atoms with Crippen molar-refractivity contribution in [1.82, 2.24) is 10.2 Å². The van der Waals surface area contributed by atoms with Crippen molar-refractivity contribution in [1.29, 1.82) is 0 Å². The Hall–Kier alpha value is -1.90. The Bertz CT molecular complexity index is 600. The van der Waals surface area contributed by atoms with E-state index in [9.17, 15) is 0 Å². The second kappa shape index (κ2) is 9.41. The number of likely N-dealkylation sites (tertiary alicyclic amines) is 1. The molecule has 1 heterocycles. The van der Waals surface area contributed by atoms with E-state index in [-0.39, 0.29) is 0 Å². The molecule has 1 N–H and O–H groups in total. The molecule has 1 atom stereocenters. The normalized spacial score (nSPS) is 17.2. The molecule has 1 unspecified atom stereocenters. The van der Waals surface area contributed by atoms with Crippen LogP contribution in [0.15, 0.2) is 66.7 Å². The van der Waals surface area contributed by atoms with E-state index < -0.39 is 0 Å². The summed E-state index contributed by atoms with van der Waals surface area (Å²) in [7, 11) is 0. The van der Waals surface area contributed by atoms with Crippen LogP contribution in [0.1, 0.15) is 36.4 Å². The van der Waals surface area contributed by atoms with Gasteiger partial charge >= 0.3 is 0 Å². The summed E-state index contributed by atoms with van der Waals surface area (Å²) in [5, 5.41) is 3.62. The van der Waals surface area contributed by atoms with Crippen LogP contribution in [0.25, 0.3) is 6.08 Å². The molecule has 1 fully saturated rings. The molecule has 2 aromatic carbocycles. The molecule has 2 nitrogen and oxygen atoms in total. The van der Waals surface area contributed by atoms with Crippen LogP contribution in [-0.4, -0.2) is 31.1 Å². The van der Waals surface area contributed by atoms with Crippen molar-refractivity contribution in [2.24, 2.45) is 0 Å². The van der Waals surface area contributed by atoms with Crippen molar-refractivity contribution in [3.8, 4) is 0 Å². The van der Waals surface area contributed by atoms with Crippen molar-refractivity contribution in [2.45, 2.75) is 25.3 Å². The molecular formula is C22H28N2. The van der Waals surface area contributed by atoms with Crippen molar-refractivity contribution < 1.29 is 0 Å². The summed E-state index contributed by atoms with van der Waals surface area (Å²) >= 11 is 0. The number of nitrogens with zero attached hydrogens (tertiary/aromatic N) is 1. The molecular weight excluding hydrogens is 292 g/mol. The van der Waals surface area contributed by atoms with Crippen LogP contribution < -0.4 is 5.32 Å². The lowest BCUT2D eigenvalue weighted by Crippen LogP contribution is -2.39. The fourth-order valence-electron chi connectivity index (χ4n) is 3.43. The fraction of sp³-hybridized carbons (Fsp3) is 0.364. The van der Waals surface area contributed by atoms with E-state index >= 15 is 0 Å². The molecule has 0 aliphatic carbocycles. The number of benzene rings is 2. The molecule has 0 aromatic heterocycles. The van der Waals surface area contributed by atoms with E-state index in [2.05, 4.69) is 83.0 Å². The summed E-state index contributed by atoms with van der Waals surface area (Å²) in [5.41, 5.74) is 2.69. The Morgan fingerprint density at radius 1 is 0.875 bits per heavy atom. The summed E-state index contributed by atoms with van der Waals surface area (Å²) in [4.78, 5) is 2.65. The standard InChI is InChI=1S/C22H28N2/c1-4-11-20(12-5-1)13-10-16-23-19-22(21-14-6-2-7-15-21)24-17-8-3-9-18-24/h1-2,4-7,10-15,22-23H,3,8-9,16-19H2/b13-10+. The van der Waals surface area contributed by atoms with Gasteiger partial charge in [0.2, 0.25) is 0 Å². The van der Waals surface area contributed by atoms with E-state index in [1.165, 1.54) is 43.5 Å². The van der Waals surface area contributed by atoms with Crippen molar-refractivity contribution >= 4 is 6.08 Å². The van der Waals surface area contributed by atoms with Crippen LogP contribution in [0.3, 0.4) is 0 Å². The minimum absolute atomic E-state index is 0.483. The van der Waals surface area contributed by atoms with Crippen molar-refractivity contribution in [3.63, 3.8) is 0 Å². The predicted octanol–water partition coefficient (Wildman–Crippen LogP) is 4.52. The lowest BCUT2D eigenvalue weighted by Gasteiger charge is -2.35. The van der Waals surface area contributed by atoms with Gasteiger partial charge < -0.3 is 5.32 Å². The summed E-state index contributed by atoms with van der Waals surface area (Å²) in [5.74, 6) is 0. The molecule has 1 saturated heterocycles. The molecule has 0 amide bonds. The van der Waals surface area contributed by atoms with Gasteiger partial charge in [-0.2, -0.15) is 0 Å². The molecule has 24 heavy (non-hydrogen) atoms. The number of rotatable bonds is 7. The van der Waals surface area contributed by atoms with Crippen LogP contribution in [0, 0.1) is 0 Å². The van der Waals surface area contributed by atoms with Gasteiger partial charge in [-0.15, -0.1) is 0 Å². The molecule has 2 heteroatoms. The van der Waals surface area contributed by atoms with Gasteiger partial charge in [0.25, 0.3) is 0 Å². The topological polar surface area (TPSA) is 15.3 Å². The van der Waals surface area contributed by atoms with E-state index in [0.717, 1.165) is 13.1 Å². The molecule has 0 bridgehead atoms. The Labute approximate surface area is 146 Å². The average molecular weight is 320 g/mol. The first-order valence-corrected chi connectivity index (χ1v) is 9.15. The van der Waals surface area contributed by atoms with E-state index in [1.54, 1.807) is 0 Å². The van der Waals surface area contributed by atoms with Crippen molar-refractivity contribution in [2.75, 3.05) is 26.2 Å². The molecule has 126 valence electrons. The average Bonchev–Trinajstić information content (AvgIpc) is 2.67. The van der Waals surface area contributed by atoms with Gasteiger partial charge in [0, 0.05) is 19.1 Å². The van der Waals surface area contributed by atoms with Crippen LogP contribution in [0.2, 0.25) is 0 Å². The number of piperidine rings is 1. The highest BCUT2D eigenvalue weighted by molar-refractivity contribution is 5.48. The molecule has 0 saturated carbocycles. The lowest BCUT2D eigenvalue weighted by molar-refractivity contribution is 0.161. The first kappa shape index (κ1) is 16.9. The molecule has 1 aliphatic rings. The minimum Gasteiger partial charge on any atom is -0.311 e. The Balaban J connectivity index is 1.55. The third-order valence-corrected chi connectivity index (χ3v) is 4.73. The fourth-order valence-corrected chi connectivity index (χ4v) is 3.43. The number of hydrogen-bond donors (Lipinski definition) is 1. The summed E-state index contributed by atoms with van der Waals surface area (Å²) in [6.07, 6.45) is 8.44. The Kier molecular flexibility index (Phi) is 6.64. The van der Waals surface area contributed by atoms with Crippen LogP contribution in [0.4, 0.5) is 0 Å². The van der Waals surface area contributed by atoms with Gasteiger partial charge in [-0.05, 0) is 37.1 Å². The molecule has 3 rings (SSSR count). The third kappa shape index (κ3) is 5.05. The summed E-state index contributed by atoms with van der Waals surface area (Å²) < 4.78 is 0. The monoisotopic (exact) mass is 320 g/mol. The molecule has 0 radical (unpaired) electrons.